The first-order valence-electron chi connectivity index (χ1n) is 6.59. The van der Waals surface area contributed by atoms with Crippen molar-refractivity contribution >= 4 is 17.5 Å². The number of hydrogen-bond donors (Lipinski definition) is 2. The number of amides is 1. The summed E-state index contributed by atoms with van der Waals surface area (Å²) < 4.78 is 5.81. The van der Waals surface area contributed by atoms with Gasteiger partial charge in [-0.1, -0.05) is 11.6 Å². The predicted molar refractivity (Wildman–Crippen MR) is 75.5 cm³/mol. The molecule has 1 atom stereocenters. The maximum Gasteiger partial charge on any atom is 0.217 e. The number of benzene rings is 1. The topological polar surface area (TPSA) is 64.4 Å². The fourth-order valence-corrected chi connectivity index (χ4v) is 2.41. The monoisotopic (exact) mass is 282 g/mol. The molecule has 5 heteroatoms. The number of fused-ring (bicyclic) bond motifs is 1. The number of primary amides is 1. The van der Waals surface area contributed by atoms with Gasteiger partial charge in [-0.25, -0.2) is 0 Å². The van der Waals surface area contributed by atoms with E-state index in [0.29, 0.717) is 6.42 Å². The van der Waals surface area contributed by atoms with E-state index in [2.05, 4.69) is 5.32 Å². The molecule has 0 fully saturated rings. The first kappa shape index (κ1) is 14.2. The van der Waals surface area contributed by atoms with Crippen LogP contribution >= 0.6 is 11.6 Å². The van der Waals surface area contributed by atoms with Gasteiger partial charge in [-0.05, 0) is 43.1 Å². The normalized spacial score (nSPS) is 17.0. The summed E-state index contributed by atoms with van der Waals surface area (Å²) in [6, 6.07) is 5.73. The third kappa shape index (κ3) is 4.40. The lowest BCUT2D eigenvalue weighted by molar-refractivity contribution is -0.118. The molecule has 0 aromatic heterocycles. The molecular formula is C14H19ClN2O2. The highest BCUT2D eigenvalue weighted by Gasteiger charge is 2.22. The molecule has 1 aromatic carbocycles. The van der Waals surface area contributed by atoms with Crippen molar-refractivity contribution < 1.29 is 9.53 Å². The molecule has 1 unspecified atom stereocenters. The number of halogens is 1. The van der Waals surface area contributed by atoms with Crippen LogP contribution in [0.1, 0.15) is 24.8 Å². The van der Waals surface area contributed by atoms with Crippen LogP contribution in [0.4, 0.5) is 0 Å². The van der Waals surface area contributed by atoms with Crippen LogP contribution in [0, 0.1) is 0 Å². The second kappa shape index (κ2) is 6.78. The minimum Gasteiger partial charge on any atom is -0.488 e. The Hall–Kier alpha value is -1.26. The summed E-state index contributed by atoms with van der Waals surface area (Å²) in [5, 5.41) is 4.09. The maximum absolute atomic E-state index is 10.6. The van der Waals surface area contributed by atoms with E-state index >= 15 is 0 Å². The van der Waals surface area contributed by atoms with Gasteiger partial charge in [0, 0.05) is 24.4 Å². The molecule has 0 saturated heterocycles. The van der Waals surface area contributed by atoms with Crippen LogP contribution in [-0.2, 0) is 11.2 Å². The van der Waals surface area contributed by atoms with Gasteiger partial charge in [-0.2, -0.15) is 0 Å². The van der Waals surface area contributed by atoms with Gasteiger partial charge in [-0.3, -0.25) is 4.79 Å². The number of nitrogens with two attached hydrogens (primary N) is 1. The molecule has 0 radical (unpaired) electrons. The van der Waals surface area contributed by atoms with Crippen LogP contribution in [0.3, 0.4) is 0 Å². The van der Waals surface area contributed by atoms with Gasteiger partial charge in [0.25, 0.3) is 0 Å². The van der Waals surface area contributed by atoms with E-state index in [-0.39, 0.29) is 12.0 Å². The Morgan fingerprint density at radius 2 is 2.32 bits per heavy atom. The fourth-order valence-electron chi connectivity index (χ4n) is 2.22. The van der Waals surface area contributed by atoms with E-state index in [4.69, 9.17) is 22.1 Å². The van der Waals surface area contributed by atoms with E-state index in [9.17, 15) is 4.79 Å². The first-order chi connectivity index (χ1) is 9.15. The minimum atomic E-state index is -0.230. The minimum absolute atomic E-state index is 0.171. The highest BCUT2D eigenvalue weighted by atomic mass is 35.5. The van der Waals surface area contributed by atoms with Gasteiger partial charge in [0.1, 0.15) is 11.9 Å². The zero-order valence-corrected chi connectivity index (χ0v) is 11.6. The standard InChI is InChI=1S/C14H19ClN2O2/c15-11-4-5-13-10(7-11)8-12(19-13)9-17-6-2-1-3-14(16)18/h4-5,7,12,17H,1-3,6,8-9H2,(H2,16,18). The summed E-state index contributed by atoms with van der Waals surface area (Å²) in [5.41, 5.74) is 6.25. The zero-order valence-electron chi connectivity index (χ0n) is 10.8. The van der Waals surface area contributed by atoms with Crippen molar-refractivity contribution in [2.45, 2.75) is 31.8 Å². The van der Waals surface area contributed by atoms with E-state index < -0.39 is 0 Å². The van der Waals surface area contributed by atoms with Crippen molar-refractivity contribution in [3.8, 4) is 5.75 Å². The summed E-state index contributed by atoms with van der Waals surface area (Å²) in [4.78, 5) is 10.6. The number of ether oxygens (including phenoxy) is 1. The Morgan fingerprint density at radius 3 is 3.11 bits per heavy atom. The lowest BCUT2D eigenvalue weighted by atomic mass is 10.1. The van der Waals surface area contributed by atoms with E-state index in [1.807, 2.05) is 18.2 Å². The van der Waals surface area contributed by atoms with E-state index in [1.54, 1.807) is 0 Å². The zero-order chi connectivity index (χ0) is 13.7. The number of unbranched alkanes of at least 4 members (excludes halogenated alkanes) is 1. The van der Waals surface area contributed by atoms with E-state index in [1.165, 1.54) is 5.56 Å². The van der Waals surface area contributed by atoms with Crippen LogP contribution in [0.2, 0.25) is 5.02 Å². The third-order valence-corrected chi connectivity index (χ3v) is 3.40. The highest BCUT2D eigenvalue weighted by Crippen LogP contribution is 2.30. The maximum atomic E-state index is 10.6. The SMILES string of the molecule is NC(=O)CCCCNCC1Cc2cc(Cl)ccc2O1. The molecule has 19 heavy (non-hydrogen) atoms. The Kier molecular flexibility index (Phi) is 5.05. The van der Waals surface area contributed by atoms with Gasteiger partial charge < -0.3 is 15.8 Å². The van der Waals surface area contributed by atoms with Gasteiger partial charge >= 0.3 is 0 Å². The molecule has 0 spiro atoms. The summed E-state index contributed by atoms with van der Waals surface area (Å²) in [6.07, 6.45) is 3.32. The van der Waals surface area contributed by atoms with Crippen LogP contribution in [0.25, 0.3) is 0 Å². The molecule has 0 aliphatic carbocycles. The first-order valence-corrected chi connectivity index (χ1v) is 6.97. The van der Waals surface area contributed by atoms with Gasteiger partial charge in [0.2, 0.25) is 5.91 Å². The Balaban J connectivity index is 1.63. The molecule has 104 valence electrons. The quantitative estimate of drug-likeness (QED) is 0.751. The molecule has 2 rings (SSSR count). The second-order valence-corrected chi connectivity index (χ2v) is 5.26. The largest absolute Gasteiger partial charge is 0.488 e. The van der Waals surface area contributed by atoms with Crippen molar-refractivity contribution in [3.63, 3.8) is 0 Å². The van der Waals surface area contributed by atoms with Crippen molar-refractivity contribution in [2.75, 3.05) is 13.1 Å². The van der Waals surface area contributed by atoms with Crippen molar-refractivity contribution in [2.24, 2.45) is 5.73 Å². The molecule has 1 aromatic rings. The van der Waals surface area contributed by atoms with Crippen LogP contribution in [0.15, 0.2) is 18.2 Å². The summed E-state index contributed by atoms with van der Waals surface area (Å²) >= 11 is 5.95. The van der Waals surface area contributed by atoms with Crippen molar-refractivity contribution in [1.29, 1.82) is 0 Å². The summed E-state index contributed by atoms with van der Waals surface area (Å²) in [7, 11) is 0. The number of carbonyl (C=O) groups excluding carboxylic acids is 1. The van der Waals surface area contributed by atoms with Gasteiger partial charge in [0.05, 0.1) is 0 Å². The average molecular weight is 283 g/mol. The Morgan fingerprint density at radius 1 is 1.47 bits per heavy atom. The lowest BCUT2D eigenvalue weighted by Crippen LogP contribution is -2.30. The van der Waals surface area contributed by atoms with Crippen molar-refractivity contribution in [1.82, 2.24) is 5.32 Å². The van der Waals surface area contributed by atoms with E-state index in [0.717, 1.165) is 43.1 Å². The number of rotatable bonds is 7. The molecule has 4 nitrogen and oxygen atoms in total. The molecule has 1 heterocycles. The Labute approximate surface area is 118 Å². The predicted octanol–water partition coefficient (Wildman–Crippen LogP) is 1.89. The Bertz CT molecular complexity index is 451. The number of hydrogen-bond acceptors (Lipinski definition) is 3. The second-order valence-electron chi connectivity index (χ2n) is 4.82. The van der Waals surface area contributed by atoms with Crippen LogP contribution < -0.4 is 15.8 Å². The van der Waals surface area contributed by atoms with Crippen LogP contribution in [0.5, 0.6) is 5.75 Å². The molecule has 3 N–H and O–H groups in total. The van der Waals surface area contributed by atoms with Gasteiger partial charge in [-0.15, -0.1) is 0 Å². The molecule has 1 aliphatic heterocycles. The fraction of sp³-hybridized carbons (Fsp3) is 0.500. The molecule has 1 amide bonds. The number of carbonyl (C=O) groups is 1. The third-order valence-electron chi connectivity index (χ3n) is 3.16. The van der Waals surface area contributed by atoms with Crippen molar-refractivity contribution in [3.05, 3.63) is 28.8 Å². The highest BCUT2D eigenvalue weighted by molar-refractivity contribution is 6.30. The number of nitrogens with one attached hydrogen (secondary N) is 1. The molecule has 0 saturated carbocycles. The smallest absolute Gasteiger partial charge is 0.217 e. The lowest BCUT2D eigenvalue weighted by Gasteiger charge is -2.11. The van der Waals surface area contributed by atoms with Crippen LogP contribution in [-0.4, -0.2) is 25.1 Å². The molecule has 1 aliphatic rings. The average Bonchev–Trinajstić information content (AvgIpc) is 2.75. The molecule has 0 bridgehead atoms. The molecular weight excluding hydrogens is 264 g/mol. The summed E-state index contributed by atoms with van der Waals surface area (Å²) in [6.45, 7) is 1.69. The van der Waals surface area contributed by atoms with Gasteiger partial charge in [0.15, 0.2) is 0 Å². The summed E-state index contributed by atoms with van der Waals surface area (Å²) in [5.74, 6) is 0.705.